The second kappa shape index (κ2) is 5.66. The molecule has 0 bridgehead atoms. The molecule has 0 saturated carbocycles. The Bertz CT molecular complexity index is 1030. The third-order valence-corrected chi connectivity index (χ3v) is 4.34. The maximum atomic E-state index is 13.0. The van der Waals surface area contributed by atoms with E-state index >= 15 is 0 Å². The smallest absolute Gasteiger partial charge is 0.258 e. The van der Waals surface area contributed by atoms with Crippen molar-refractivity contribution < 1.29 is 9.59 Å². The summed E-state index contributed by atoms with van der Waals surface area (Å²) in [4.78, 5) is 35.4. The standard InChI is InChI=1S/C19H16N4O2/c1-11-12(2)21-16-9-13(7-8-14(16)20-11)19(25)23-10-18(24)22-15-5-3-4-6-17(15)23/h3-9H,10H2,1-2H3,(H,22,24). The van der Waals surface area contributed by atoms with Crippen molar-refractivity contribution in [3.63, 3.8) is 0 Å². The molecule has 1 aromatic heterocycles. The Morgan fingerprint density at radius 2 is 1.76 bits per heavy atom. The number of aryl methyl sites for hydroxylation is 2. The number of benzene rings is 2. The van der Waals surface area contributed by atoms with Crippen LogP contribution in [0.1, 0.15) is 21.7 Å². The lowest BCUT2D eigenvalue weighted by Gasteiger charge is -2.29. The highest BCUT2D eigenvalue weighted by Crippen LogP contribution is 2.30. The van der Waals surface area contributed by atoms with Gasteiger partial charge >= 0.3 is 0 Å². The Hall–Kier alpha value is -3.28. The summed E-state index contributed by atoms with van der Waals surface area (Å²) in [5, 5.41) is 2.78. The first kappa shape index (κ1) is 15.3. The Balaban J connectivity index is 1.77. The van der Waals surface area contributed by atoms with Gasteiger partial charge in [0.15, 0.2) is 0 Å². The molecule has 0 saturated heterocycles. The molecule has 2 amide bonds. The molecular formula is C19H16N4O2. The molecule has 0 unspecified atom stereocenters. The van der Waals surface area contributed by atoms with Gasteiger partial charge in [-0.1, -0.05) is 12.1 Å². The van der Waals surface area contributed by atoms with Gasteiger partial charge in [-0.15, -0.1) is 0 Å². The van der Waals surface area contributed by atoms with E-state index in [4.69, 9.17) is 0 Å². The van der Waals surface area contributed by atoms with Crippen molar-refractivity contribution in [2.24, 2.45) is 0 Å². The monoisotopic (exact) mass is 332 g/mol. The number of amides is 2. The van der Waals surface area contributed by atoms with Gasteiger partial charge in [-0.2, -0.15) is 0 Å². The molecule has 25 heavy (non-hydrogen) atoms. The van der Waals surface area contributed by atoms with Gasteiger partial charge in [0.1, 0.15) is 6.54 Å². The minimum absolute atomic E-state index is 0.00745. The summed E-state index contributed by atoms with van der Waals surface area (Å²) in [6.45, 7) is 3.79. The fourth-order valence-corrected chi connectivity index (χ4v) is 2.93. The lowest BCUT2D eigenvalue weighted by molar-refractivity contribution is -0.115. The molecule has 6 heteroatoms. The van der Waals surface area contributed by atoms with Crippen LogP contribution in [0.25, 0.3) is 11.0 Å². The predicted octanol–water partition coefficient (Wildman–Crippen LogP) is 2.85. The van der Waals surface area contributed by atoms with Crippen molar-refractivity contribution in [1.82, 2.24) is 9.97 Å². The van der Waals surface area contributed by atoms with Gasteiger partial charge in [0.25, 0.3) is 5.91 Å². The maximum Gasteiger partial charge on any atom is 0.258 e. The summed E-state index contributed by atoms with van der Waals surface area (Å²) in [5.41, 5.74) is 4.93. The number of hydrogen-bond donors (Lipinski definition) is 1. The van der Waals surface area contributed by atoms with Crippen molar-refractivity contribution in [1.29, 1.82) is 0 Å². The quantitative estimate of drug-likeness (QED) is 0.743. The molecule has 6 nitrogen and oxygen atoms in total. The molecule has 0 radical (unpaired) electrons. The molecule has 4 rings (SSSR count). The Labute approximate surface area is 144 Å². The molecule has 0 fully saturated rings. The van der Waals surface area contributed by atoms with E-state index in [0.29, 0.717) is 22.5 Å². The van der Waals surface area contributed by atoms with Crippen molar-refractivity contribution in [3.8, 4) is 0 Å². The summed E-state index contributed by atoms with van der Waals surface area (Å²) in [6, 6.07) is 12.5. The first-order valence-corrected chi connectivity index (χ1v) is 7.99. The van der Waals surface area contributed by atoms with Gasteiger partial charge < -0.3 is 5.32 Å². The number of nitrogens with zero attached hydrogens (tertiary/aromatic N) is 3. The molecule has 1 aliphatic heterocycles. The summed E-state index contributed by atoms with van der Waals surface area (Å²) >= 11 is 0. The first-order valence-electron chi connectivity index (χ1n) is 7.99. The van der Waals surface area contributed by atoms with Crippen molar-refractivity contribution in [2.45, 2.75) is 13.8 Å². The average Bonchev–Trinajstić information content (AvgIpc) is 2.61. The number of aromatic nitrogens is 2. The van der Waals surface area contributed by atoms with E-state index in [2.05, 4.69) is 15.3 Å². The van der Waals surface area contributed by atoms with Gasteiger partial charge in [0.05, 0.1) is 33.8 Å². The number of carbonyl (C=O) groups excluding carboxylic acids is 2. The highest BCUT2D eigenvalue weighted by molar-refractivity contribution is 6.15. The van der Waals surface area contributed by atoms with Crippen LogP contribution < -0.4 is 10.2 Å². The number of para-hydroxylation sites is 2. The van der Waals surface area contributed by atoms with Gasteiger partial charge in [-0.25, -0.2) is 9.97 Å². The third kappa shape index (κ3) is 2.61. The molecule has 0 atom stereocenters. The number of nitrogens with one attached hydrogen (secondary N) is 1. The number of anilines is 2. The topological polar surface area (TPSA) is 75.2 Å². The van der Waals surface area contributed by atoms with Crippen molar-refractivity contribution in [2.75, 3.05) is 16.8 Å². The molecule has 2 aromatic carbocycles. The fraction of sp³-hybridized carbons (Fsp3) is 0.158. The zero-order chi connectivity index (χ0) is 17.6. The minimum Gasteiger partial charge on any atom is -0.323 e. The predicted molar refractivity (Wildman–Crippen MR) is 95.8 cm³/mol. The fourth-order valence-electron chi connectivity index (χ4n) is 2.93. The SMILES string of the molecule is Cc1nc2ccc(C(=O)N3CC(=O)Nc4ccccc43)cc2nc1C. The van der Waals surface area contributed by atoms with E-state index in [1.807, 2.05) is 32.0 Å². The Morgan fingerprint density at radius 1 is 1.04 bits per heavy atom. The molecule has 2 heterocycles. The van der Waals surface area contributed by atoms with Crippen LogP contribution in [0.3, 0.4) is 0 Å². The zero-order valence-electron chi connectivity index (χ0n) is 13.9. The van der Waals surface area contributed by atoms with E-state index in [-0.39, 0.29) is 18.4 Å². The van der Waals surface area contributed by atoms with Gasteiger partial charge in [0.2, 0.25) is 5.91 Å². The molecule has 0 aliphatic carbocycles. The van der Waals surface area contributed by atoms with Crippen molar-refractivity contribution >= 4 is 34.2 Å². The van der Waals surface area contributed by atoms with Crippen LogP contribution in [0.15, 0.2) is 42.5 Å². The highest BCUT2D eigenvalue weighted by atomic mass is 16.2. The third-order valence-electron chi connectivity index (χ3n) is 4.34. The normalized spacial score (nSPS) is 13.5. The second-order valence-electron chi connectivity index (χ2n) is 6.05. The molecular weight excluding hydrogens is 316 g/mol. The number of carbonyl (C=O) groups is 2. The lowest BCUT2D eigenvalue weighted by atomic mass is 10.1. The van der Waals surface area contributed by atoms with Crippen molar-refractivity contribution in [3.05, 3.63) is 59.4 Å². The van der Waals surface area contributed by atoms with Crippen LogP contribution in [-0.4, -0.2) is 28.3 Å². The van der Waals surface area contributed by atoms with Crippen LogP contribution in [0.4, 0.5) is 11.4 Å². The van der Waals surface area contributed by atoms with Crippen LogP contribution in [0.5, 0.6) is 0 Å². The van der Waals surface area contributed by atoms with Crippen LogP contribution in [0.2, 0.25) is 0 Å². The van der Waals surface area contributed by atoms with E-state index in [0.717, 1.165) is 16.9 Å². The van der Waals surface area contributed by atoms with E-state index in [1.54, 1.807) is 24.3 Å². The molecule has 3 aromatic rings. The minimum atomic E-state index is -0.232. The molecule has 124 valence electrons. The van der Waals surface area contributed by atoms with E-state index in [9.17, 15) is 9.59 Å². The number of rotatable bonds is 1. The van der Waals surface area contributed by atoms with Crippen LogP contribution in [0, 0.1) is 13.8 Å². The summed E-state index contributed by atoms with van der Waals surface area (Å²) in [7, 11) is 0. The largest absolute Gasteiger partial charge is 0.323 e. The number of hydrogen-bond acceptors (Lipinski definition) is 4. The Morgan fingerprint density at radius 3 is 2.56 bits per heavy atom. The van der Waals surface area contributed by atoms with Crippen LogP contribution >= 0.6 is 0 Å². The Kier molecular flexibility index (Phi) is 3.46. The van der Waals surface area contributed by atoms with E-state index < -0.39 is 0 Å². The average molecular weight is 332 g/mol. The summed E-state index contributed by atoms with van der Waals surface area (Å²) in [6.07, 6.45) is 0. The maximum absolute atomic E-state index is 13.0. The van der Waals surface area contributed by atoms with E-state index in [1.165, 1.54) is 4.90 Å². The highest BCUT2D eigenvalue weighted by Gasteiger charge is 2.27. The molecule has 1 N–H and O–H groups in total. The second-order valence-corrected chi connectivity index (χ2v) is 6.05. The molecule has 1 aliphatic rings. The van der Waals surface area contributed by atoms with Gasteiger partial charge in [-0.3, -0.25) is 14.5 Å². The van der Waals surface area contributed by atoms with Gasteiger partial charge in [-0.05, 0) is 44.2 Å². The lowest BCUT2D eigenvalue weighted by Crippen LogP contribution is -2.42. The van der Waals surface area contributed by atoms with Crippen LogP contribution in [-0.2, 0) is 4.79 Å². The summed E-state index contributed by atoms with van der Waals surface area (Å²) in [5.74, 6) is -0.441. The molecule has 0 spiro atoms. The number of fused-ring (bicyclic) bond motifs is 2. The summed E-state index contributed by atoms with van der Waals surface area (Å²) < 4.78 is 0. The zero-order valence-corrected chi connectivity index (χ0v) is 13.9. The van der Waals surface area contributed by atoms with Gasteiger partial charge in [0, 0.05) is 5.56 Å². The first-order chi connectivity index (χ1) is 12.0.